The van der Waals surface area contributed by atoms with E-state index in [0.29, 0.717) is 12.4 Å². The Morgan fingerprint density at radius 1 is 1.30 bits per heavy atom. The molecule has 3 N–H and O–H groups in total. The van der Waals surface area contributed by atoms with Gasteiger partial charge in [0.2, 0.25) is 0 Å². The molecular weight excluding hydrogens is 404 g/mol. The molecule has 10 heteroatoms. The first kappa shape index (κ1) is 21.3. The van der Waals surface area contributed by atoms with Gasteiger partial charge in [0.1, 0.15) is 10.9 Å². The zero-order chi connectivity index (χ0) is 21.7. The van der Waals surface area contributed by atoms with Crippen LogP contribution in [0.3, 0.4) is 0 Å². The highest BCUT2D eigenvalue weighted by Crippen LogP contribution is 2.36. The van der Waals surface area contributed by atoms with Gasteiger partial charge in [-0.2, -0.15) is 0 Å². The largest absolute Gasteiger partial charge is 0.352 e. The van der Waals surface area contributed by atoms with Crippen LogP contribution in [0.5, 0.6) is 0 Å². The maximum absolute atomic E-state index is 11.3. The lowest BCUT2D eigenvalue weighted by atomic mass is 10.1. The molecule has 30 heavy (non-hydrogen) atoms. The first-order chi connectivity index (χ1) is 14.3. The van der Waals surface area contributed by atoms with Crippen LogP contribution in [0.1, 0.15) is 37.0 Å². The Morgan fingerprint density at radius 2 is 2.10 bits per heavy atom. The van der Waals surface area contributed by atoms with Gasteiger partial charge < -0.3 is 15.6 Å². The van der Waals surface area contributed by atoms with Crippen molar-refractivity contribution in [2.45, 2.75) is 42.8 Å². The number of aromatic nitrogens is 3. The molecule has 0 aliphatic heterocycles. The smallest absolute Gasteiger partial charge is 0.312 e. The molecule has 2 amide bonds. The molecule has 1 aromatic carbocycles. The number of urea groups is 1. The number of nitrogens with one attached hydrogen (secondary N) is 1. The number of carbonyl (C=O) groups excluding carboxylic acids is 1. The Balaban J connectivity index is 2.06. The number of benzene rings is 1. The number of non-ortho nitro benzene ring substituents is 1. The highest BCUT2D eigenvalue weighted by molar-refractivity contribution is 7.99. The maximum atomic E-state index is 11.3. The first-order valence-electron chi connectivity index (χ1n) is 9.30. The van der Waals surface area contributed by atoms with E-state index in [2.05, 4.69) is 10.3 Å². The second kappa shape index (κ2) is 9.40. The van der Waals surface area contributed by atoms with Crippen molar-refractivity contribution in [2.75, 3.05) is 0 Å². The normalized spacial score (nSPS) is 10.9. The number of nitrogens with zero attached hydrogens (tertiary/aromatic N) is 4. The number of carbonyl (C=O) groups is 1. The van der Waals surface area contributed by atoms with Crippen molar-refractivity contribution in [3.63, 3.8) is 0 Å². The predicted molar refractivity (Wildman–Crippen MR) is 113 cm³/mol. The van der Waals surface area contributed by atoms with Gasteiger partial charge in [-0.1, -0.05) is 37.7 Å². The number of amides is 2. The Labute approximate surface area is 177 Å². The molecule has 0 spiro atoms. The van der Waals surface area contributed by atoms with E-state index in [1.165, 1.54) is 23.9 Å². The van der Waals surface area contributed by atoms with E-state index in [9.17, 15) is 14.9 Å². The summed E-state index contributed by atoms with van der Waals surface area (Å²) in [6.45, 7) is 4.65. The molecule has 0 unspecified atom stereocenters. The molecule has 3 aromatic rings. The number of pyridine rings is 1. The summed E-state index contributed by atoms with van der Waals surface area (Å²) in [5.41, 5.74) is 6.94. The Morgan fingerprint density at radius 3 is 2.73 bits per heavy atom. The Kier molecular flexibility index (Phi) is 6.68. The van der Waals surface area contributed by atoms with Gasteiger partial charge in [-0.15, -0.1) is 0 Å². The van der Waals surface area contributed by atoms with Crippen molar-refractivity contribution in [1.29, 1.82) is 0 Å². The SMILES string of the molecule is CC(C)c1nc(CNC(N)=O)n(Cc2ccccn2)c1Sc1cccc([N+](=O)[O-])c1. The van der Waals surface area contributed by atoms with Crippen LogP contribution >= 0.6 is 11.8 Å². The van der Waals surface area contributed by atoms with Gasteiger partial charge in [-0.05, 0) is 24.1 Å². The summed E-state index contributed by atoms with van der Waals surface area (Å²) in [5.74, 6) is 0.736. The van der Waals surface area contributed by atoms with Gasteiger partial charge in [0.25, 0.3) is 5.69 Å². The minimum absolute atomic E-state index is 0.0255. The van der Waals surface area contributed by atoms with Gasteiger partial charge in [0.15, 0.2) is 0 Å². The zero-order valence-corrected chi connectivity index (χ0v) is 17.4. The summed E-state index contributed by atoms with van der Waals surface area (Å²) < 4.78 is 1.97. The summed E-state index contributed by atoms with van der Waals surface area (Å²) in [7, 11) is 0. The van der Waals surface area contributed by atoms with E-state index in [0.717, 1.165) is 21.3 Å². The third kappa shape index (κ3) is 5.15. The van der Waals surface area contributed by atoms with E-state index < -0.39 is 11.0 Å². The summed E-state index contributed by atoms with van der Waals surface area (Å²) in [5, 5.41) is 14.6. The van der Waals surface area contributed by atoms with E-state index in [1.807, 2.05) is 42.7 Å². The predicted octanol–water partition coefficient (Wildman–Crippen LogP) is 3.68. The molecule has 2 aromatic heterocycles. The monoisotopic (exact) mass is 426 g/mol. The topological polar surface area (TPSA) is 129 Å². The third-order valence-electron chi connectivity index (χ3n) is 4.28. The summed E-state index contributed by atoms with van der Waals surface area (Å²) in [6.07, 6.45) is 1.71. The lowest BCUT2D eigenvalue weighted by molar-refractivity contribution is -0.385. The van der Waals surface area contributed by atoms with Gasteiger partial charge in [-0.3, -0.25) is 15.1 Å². The van der Waals surface area contributed by atoms with Crippen molar-refractivity contribution in [2.24, 2.45) is 5.73 Å². The van der Waals surface area contributed by atoms with Crippen LogP contribution in [0.25, 0.3) is 0 Å². The van der Waals surface area contributed by atoms with Gasteiger partial charge in [0, 0.05) is 23.2 Å². The molecule has 3 rings (SSSR count). The molecule has 2 heterocycles. The van der Waals surface area contributed by atoms with Crippen LogP contribution in [-0.4, -0.2) is 25.5 Å². The number of nitro groups is 1. The lowest BCUT2D eigenvalue weighted by Gasteiger charge is -2.13. The molecule has 156 valence electrons. The number of nitro benzene ring substituents is 1. The lowest BCUT2D eigenvalue weighted by Crippen LogP contribution is -2.30. The van der Waals surface area contributed by atoms with E-state index in [-0.39, 0.29) is 18.2 Å². The van der Waals surface area contributed by atoms with Crippen LogP contribution < -0.4 is 11.1 Å². The van der Waals surface area contributed by atoms with Crippen molar-refractivity contribution in [3.05, 3.63) is 76.0 Å². The quantitative estimate of drug-likeness (QED) is 0.417. The minimum atomic E-state index is -0.638. The second-order valence-electron chi connectivity index (χ2n) is 6.85. The Hall–Kier alpha value is -3.40. The van der Waals surface area contributed by atoms with Crippen molar-refractivity contribution in [3.8, 4) is 0 Å². The number of imidazole rings is 1. The van der Waals surface area contributed by atoms with Crippen molar-refractivity contribution in [1.82, 2.24) is 19.9 Å². The number of nitrogens with two attached hydrogens (primary N) is 1. The molecule has 0 saturated heterocycles. The summed E-state index contributed by atoms with van der Waals surface area (Å²) in [6, 6.07) is 11.5. The average Bonchev–Trinajstić information content (AvgIpc) is 3.05. The van der Waals surface area contributed by atoms with Crippen LogP contribution in [0.2, 0.25) is 0 Å². The Bertz CT molecular complexity index is 1050. The van der Waals surface area contributed by atoms with Gasteiger partial charge >= 0.3 is 6.03 Å². The van der Waals surface area contributed by atoms with E-state index in [1.54, 1.807) is 12.3 Å². The molecule has 9 nitrogen and oxygen atoms in total. The number of primary amides is 1. The zero-order valence-electron chi connectivity index (χ0n) is 16.6. The van der Waals surface area contributed by atoms with Crippen LogP contribution in [0.4, 0.5) is 10.5 Å². The molecule has 0 radical (unpaired) electrons. The molecule has 0 fully saturated rings. The number of rotatable bonds is 8. The van der Waals surface area contributed by atoms with Crippen LogP contribution in [0.15, 0.2) is 58.6 Å². The molecule has 0 aliphatic rings. The van der Waals surface area contributed by atoms with E-state index in [4.69, 9.17) is 10.7 Å². The molecule has 0 bridgehead atoms. The molecular formula is C20H22N6O3S. The summed E-state index contributed by atoms with van der Waals surface area (Å²) >= 11 is 1.40. The number of hydrogen-bond acceptors (Lipinski definition) is 6. The fraction of sp³-hybridized carbons (Fsp3) is 0.250. The highest BCUT2D eigenvalue weighted by Gasteiger charge is 2.22. The van der Waals surface area contributed by atoms with Crippen molar-refractivity contribution < 1.29 is 9.72 Å². The molecule has 0 saturated carbocycles. The average molecular weight is 427 g/mol. The standard InChI is InChI=1S/C20H22N6O3S/c1-13(2)18-19(30-16-8-5-7-15(10-16)26(28)29)25(12-14-6-3-4-9-22-14)17(24-18)11-23-20(21)27/h3-10,13H,11-12H2,1-2H3,(H3,21,23,27). The summed E-state index contributed by atoms with van der Waals surface area (Å²) in [4.78, 5) is 31.9. The fourth-order valence-corrected chi connectivity index (χ4v) is 4.09. The fourth-order valence-electron chi connectivity index (χ4n) is 2.88. The molecule has 0 atom stereocenters. The van der Waals surface area contributed by atoms with Crippen LogP contribution in [-0.2, 0) is 13.1 Å². The number of hydrogen-bond donors (Lipinski definition) is 2. The molecule has 0 aliphatic carbocycles. The van der Waals surface area contributed by atoms with Crippen molar-refractivity contribution >= 4 is 23.5 Å². The first-order valence-corrected chi connectivity index (χ1v) is 10.1. The minimum Gasteiger partial charge on any atom is -0.352 e. The van der Waals surface area contributed by atoms with Crippen LogP contribution in [0, 0.1) is 10.1 Å². The maximum Gasteiger partial charge on any atom is 0.312 e. The third-order valence-corrected chi connectivity index (χ3v) is 5.39. The van der Waals surface area contributed by atoms with Gasteiger partial charge in [-0.25, -0.2) is 9.78 Å². The second-order valence-corrected chi connectivity index (χ2v) is 7.92. The highest BCUT2D eigenvalue weighted by atomic mass is 32.2. The van der Waals surface area contributed by atoms with Gasteiger partial charge in [0.05, 0.1) is 29.4 Å². The van der Waals surface area contributed by atoms with E-state index >= 15 is 0 Å².